The van der Waals surface area contributed by atoms with Gasteiger partial charge < -0.3 is 20.7 Å². The van der Waals surface area contributed by atoms with Gasteiger partial charge in [0.15, 0.2) is 0 Å². The van der Waals surface area contributed by atoms with E-state index >= 15 is 0 Å². The Labute approximate surface area is 228 Å². The van der Waals surface area contributed by atoms with Crippen molar-refractivity contribution in [2.24, 2.45) is 0 Å². The van der Waals surface area contributed by atoms with E-state index < -0.39 is 6.03 Å². The van der Waals surface area contributed by atoms with Crippen LogP contribution in [0.5, 0.6) is 11.6 Å². The SMILES string of the molecule is CC(=O)N[C@H]1CCC[C@H]1NC(=O)c1sc2nccc3c2c1NC(=O)N3c1ccc(Oc2ccccc2)nc1C. The van der Waals surface area contributed by atoms with Crippen molar-refractivity contribution in [3.05, 3.63) is 65.3 Å². The Hall–Kier alpha value is -4.51. The first-order valence-electron chi connectivity index (χ1n) is 12.7. The highest BCUT2D eigenvalue weighted by atomic mass is 32.1. The van der Waals surface area contributed by atoms with Gasteiger partial charge in [-0.15, -0.1) is 11.3 Å². The molecule has 1 saturated carbocycles. The van der Waals surface area contributed by atoms with Crippen molar-refractivity contribution in [3.8, 4) is 11.6 Å². The fourth-order valence-electron chi connectivity index (χ4n) is 5.22. The van der Waals surface area contributed by atoms with Gasteiger partial charge in [0.25, 0.3) is 5.91 Å². The lowest BCUT2D eigenvalue weighted by Gasteiger charge is -2.29. The van der Waals surface area contributed by atoms with E-state index in [-0.39, 0.29) is 23.9 Å². The topological polar surface area (TPSA) is 126 Å². The lowest BCUT2D eigenvalue weighted by Crippen LogP contribution is -2.48. The first-order chi connectivity index (χ1) is 18.9. The number of amides is 4. The van der Waals surface area contributed by atoms with Gasteiger partial charge in [0.2, 0.25) is 11.8 Å². The maximum absolute atomic E-state index is 13.5. The molecule has 1 aliphatic heterocycles. The molecule has 3 N–H and O–H groups in total. The highest BCUT2D eigenvalue weighted by Gasteiger charge is 2.35. The number of aromatic nitrogens is 2. The second-order valence-electron chi connectivity index (χ2n) is 9.57. The minimum atomic E-state index is -0.402. The van der Waals surface area contributed by atoms with Gasteiger partial charge in [-0.25, -0.2) is 14.8 Å². The number of benzene rings is 1. The second kappa shape index (κ2) is 9.99. The summed E-state index contributed by atoms with van der Waals surface area (Å²) < 4.78 is 5.85. The van der Waals surface area contributed by atoms with Crippen LogP contribution in [0.3, 0.4) is 0 Å². The molecule has 1 fully saturated rings. The van der Waals surface area contributed by atoms with Crippen molar-refractivity contribution in [3.63, 3.8) is 0 Å². The maximum atomic E-state index is 13.5. The molecule has 0 saturated heterocycles. The van der Waals surface area contributed by atoms with E-state index in [9.17, 15) is 14.4 Å². The highest BCUT2D eigenvalue weighted by molar-refractivity contribution is 7.21. The van der Waals surface area contributed by atoms with Gasteiger partial charge in [-0.1, -0.05) is 18.2 Å². The number of urea groups is 1. The van der Waals surface area contributed by atoms with Crippen molar-refractivity contribution in [2.75, 3.05) is 10.2 Å². The van der Waals surface area contributed by atoms with Gasteiger partial charge in [-0.05, 0) is 50.5 Å². The number of carbonyl (C=O) groups excluding carboxylic acids is 3. The van der Waals surface area contributed by atoms with Gasteiger partial charge in [-0.2, -0.15) is 0 Å². The lowest BCUT2D eigenvalue weighted by atomic mass is 10.1. The van der Waals surface area contributed by atoms with Crippen LogP contribution in [-0.2, 0) is 4.79 Å². The predicted molar refractivity (Wildman–Crippen MR) is 149 cm³/mol. The number of thiophene rings is 1. The fraction of sp³-hybridized carbons (Fsp3) is 0.250. The van der Waals surface area contributed by atoms with Crippen molar-refractivity contribution >= 4 is 56.5 Å². The summed E-state index contributed by atoms with van der Waals surface area (Å²) in [7, 11) is 0. The van der Waals surface area contributed by atoms with E-state index in [1.807, 2.05) is 37.3 Å². The van der Waals surface area contributed by atoms with Crippen molar-refractivity contribution < 1.29 is 19.1 Å². The average Bonchev–Trinajstić information content (AvgIpc) is 3.50. The monoisotopic (exact) mass is 542 g/mol. The van der Waals surface area contributed by atoms with Gasteiger partial charge in [0.1, 0.15) is 15.5 Å². The Morgan fingerprint density at radius 2 is 1.82 bits per heavy atom. The Morgan fingerprint density at radius 1 is 1.05 bits per heavy atom. The number of pyridine rings is 2. The Bertz CT molecular complexity index is 1600. The summed E-state index contributed by atoms with van der Waals surface area (Å²) in [5.74, 6) is 0.664. The molecule has 10 nitrogen and oxygen atoms in total. The number of rotatable bonds is 6. The molecular formula is C28H26N6O4S. The number of nitrogens with one attached hydrogen (secondary N) is 3. The molecular weight excluding hydrogens is 516 g/mol. The van der Waals surface area contributed by atoms with Crippen LogP contribution >= 0.6 is 11.3 Å². The normalized spacial score (nSPS) is 18.1. The molecule has 4 amide bonds. The summed E-state index contributed by atoms with van der Waals surface area (Å²) in [6, 6.07) is 13.9. The van der Waals surface area contributed by atoms with E-state index in [0.29, 0.717) is 49.5 Å². The smallest absolute Gasteiger partial charge is 0.331 e. The third kappa shape index (κ3) is 4.65. The highest BCUT2D eigenvalue weighted by Crippen LogP contribution is 2.46. The molecule has 11 heteroatoms. The summed E-state index contributed by atoms with van der Waals surface area (Å²) in [5, 5.41) is 9.60. The predicted octanol–water partition coefficient (Wildman–Crippen LogP) is 5.26. The van der Waals surface area contributed by atoms with Gasteiger partial charge >= 0.3 is 6.03 Å². The number of carbonyl (C=O) groups is 3. The second-order valence-corrected chi connectivity index (χ2v) is 10.6. The van der Waals surface area contributed by atoms with Crippen LogP contribution in [0.1, 0.15) is 41.6 Å². The number of hydrogen-bond donors (Lipinski definition) is 3. The summed E-state index contributed by atoms with van der Waals surface area (Å²) in [5.41, 5.74) is 2.26. The molecule has 39 heavy (non-hydrogen) atoms. The van der Waals surface area contributed by atoms with Crippen LogP contribution < -0.4 is 25.6 Å². The Kier molecular flexibility index (Phi) is 6.35. The quantitative estimate of drug-likeness (QED) is 0.305. The van der Waals surface area contributed by atoms with Crippen LogP contribution in [0.25, 0.3) is 10.2 Å². The van der Waals surface area contributed by atoms with Crippen LogP contribution in [0.4, 0.5) is 21.9 Å². The number of hydrogen-bond acceptors (Lipinski definition) is 7. The summed E-state index contributed by atoms with van der Waals surface area (Å²) in [6.45, 7) is 3.29. The molecule has 3 aromatic heterocycles. The number of nitrogens with zero attached hydrogens (tertiary/aromatic N) is 3. The van der Waals surface area contributed by atoms with Crippen molar-refractivity contribution in [2.45, 2.75) is 45.2 Å². The number of anilines is 3. The molecule has 0 radical (unpaired) electrons. The largest absolute Gasteiger partial charge is 0.439 e. The number of para-hydroxylation sites is 1. The number of ether oxygens (including phenoxy) is 1. The van der Waals surface area contributed by atoms with Crippen LogP contribution in [-0.4, -0.2) is 39.9 Å². The zero-order valence-corrected chi connectivity index (χ0v) is 22.2. The summed E-state index contributed by atoms with van der Waals surface area (Å²) in [4.78, 5) is 50.1. The molecule has 0 unspecified atom stereocenters. The first-order valence-corrected chi connectivity index (χ1v) is 13.5. The lowest BCUT2D eigenvalue weighted by molar-refractivity contribution is -0.119. The third-order valence-electron chi connectivity index (χ3n) is 6.91. The molecule has 0 spiro atoms. The van der Waals surface area contributed by atoms with Gasteiger partial charge in [-0.3, -0.25) is 14.5 Å². The maximum Gasteiger partial charge on any atom is 0.331 e. The number of aryl methyl sites for hydroxylation is 1. The van der Waals surface area contributed by atoms with E-state index in [4.69, 9.17) is 4.74 Å². The van der Waals surface area contributed by atoms with E-state index in [1.165, 1.54) is 18.3 Å². The molecule has 2 atom stereocenters. The minimum absolute atomic E-state index is 0.111. The summed E-state index contributed by atoms with van der Waals surface area (Å²) >= 11 is 1.23. The van der Waals surface area contributed by atoms with E-state index in [1.54, 1.807) is 29.3 Å². The minimum Gasteiger partial charge on any atom is -0.439 e. The van der Waals surface area contributed by atoms with E-state index in [0.717, 1.165) is 19.3 Å². The first kappa shape index (κ1) is 24.8. The Balaban J connectivity index is 1.31. The van der Waals surface area contributed by atoms with E-state index in [2.05, 4.69) is 25.9 Å². The van der Waals surface area contributed by atoms with Gasteiger partial charge in [0.05, 0.1) is 28.1 Å². The average molecular weight is 543 g/mol. The van der Waals surface area contributed by atoms with Crippen LogP contribution in [0.15, 0.2) is 54.7 Å². The standard InChI is InChI=1S/C28H26N6O4S/c1-15-20(11-12-22(30-15)38-17-7-4-3-5-8-17)34-21-13-14-29-27-23(21)24(33-28(34)37)25(39-27)26(36)32-19-10-6-9-18(19)31-16(2)35/h3-5,7-8,11-14,18-19H,6,9-10H2,1-2H3,(H,31,35)(H,32,36)(H,33,37)/t18-,19+/m0/s1. The molecule has 4 heterocycles. The summed E-state index contributed by atoms with van der Waals surface area (Å²) in [6.07, 6.45) is 4.13. The molecule has 6 rings (SSSR count). The zero-order valence-electron chi connectivity index (χ0n) is 21.4. The van der Waals surface area contributed by atoms with Crippen LogP contribution in [0, 0.1) is 6.92 Å². The fourth-order valence-corrected chi connectivity index (χ4v) is 6.24. The third-order valence-corrected chi connectivity index (χ3v) is 8.01. The molecule has 1 aliphatic carbocycles. The Morgan fingerprint density at radius 3 is 2.56 bits per heavy atom. The molecule has 2 aliphatic rings. The van der Waals surface area contributed by atoms with Crippen molar-refractivity contribution in [1.29, 1.82) is 0 Å². The molecule has 0 bridgehead atoms. The van der Waals surface area contributed by atoms with Gasteiger partial charge in [0, 0.05) is 31.3 Å². The van der Waals surface area contributed by atoms with Crippen molar-refractivity contribution in [1.82, 2.24) is 20.6 Å². The molecule has 1 aromatic carbocycles. The zero-order chi connectivity index (χ0) is 27.1. The van der Waals surface area contributed by atoms with Crippen LogP contribution in [0.2, 0.25) is 0 Å². The molecule has 4 aromatic rings. The molecule has 198 valence electrons.